The number of benzene rings is 3. The molecule has 35 heavy (non-hydrogen) atoms. The molecule has 0 saturated carbocycles. The lowest BCUT2D eigenvalue weighted by Crippen LogP contribution is -2.21. The van der Waals surface area contributed by atoms with E-state index in [-0.39, 0.29) is 28.9 Å². The Labute approximate surface area is 200 Å². The number of carbonyl (C=O) groups excluding carboxylic acids is 1. The summed E-state index contributed by atoms with van der Waals surface area (Å²) < 4.78 is 54.5. The zero-order chi connectivity index (χ0) is 24.9. The highest BCUT2D eigenvalue weighted by molar-refractivity contribution is 5.90. The standard InChI is InChI=1S/C28H23F3O4/c1-2-34-16-17-3-14-25(24(29)15-17)35-28(33)20-6-4-18(5-7-20)22-12-13-23(27(31)26(22)30)19-8-10-21(32)11-9-19/h3-13,15,25,32H,2,14,16H2,1H3. The van der Waals surface area contributed by atoms with Crippen LogP contribution in [0.5, 0.6) is 5.75 Å². The normalized spacial score (nSPS) is 15.4. The highest BCUT2D eigenvalue weighted by atomic mass is 19.2. The molecule has 0 amide bonds. The molecule has 7 heteroatoms. The van der Waals surface area contributed by atoms with Gasteiger partial charge in [-0.1, -0.05) is 42.5 Å². The molecule has 3 aromatic rings. The zero-order valence-electron chi connectivity index (χ0n) is 18.9. The van der Waals surface area contributed by atoms with Crippen molar-refractivity contribution in [2.45, 2.75) is 19.4 Å². The van der Waals surface area contributed by atoms with Crippen LogP contribution in [0.1, 0.15) is 23.7 Å². The second kappa shape index (κ2) is 10.6. The third-order valence-electron chi connectivity index (χ3n) is 5.64. The van der Waals surface area contributed by atoms with Crippen molar-refractivity contribution in [3.63, 3.8) is 0 Å². The second-order valence-corrected chi connectivity index (χ2v) is 7.99. The van der Waals surface area contributed by atoms with Crippen molar-refractivity contribution in [3.05, 3.63) is 101 Å². The van der Waals surface area contributed by atoms with Crippen molar-refractivity contribution in [3.8, 4) is 28.0 Å². The van der Waals surface area contributed by atoms with Gasteiger partial charge < -0.3 is 14.6 Å². The number of esters is 1. The van der Waals surface area contributed by atoms with Gasteiger partial charge >= 0.3 is 5.97 Å². The first-order valence-corrected chi connectivity index (χ1v) is 11.1. The van der Waals surface area contributed by atoms with E-state index in [1.807, 2.05) is 6.92 Å². The molecule has 0 aromatic heterocycles. The van der Waals surface area contributed by atoms with Crippen molar-refractivity contribution >= 4 is 5.97 Å². The van der Waals surface area contributed by atoms with E-state index in [4.69, 9.17) is 9.47 Å². The molecule has 0 heterocycles. The second-order valence-electron chi connectivity index (χ2n) is 7.99. The highest BCUT2D eigenvalue weighted by Gasteiger charge is 2.23. The molecule has 0 saturated heterocycles. The van der Waals surface area contributed by atoms with Gasteiger partial charge in [-0.2, -0.15) is 0 Å². The number of phenolic OH excluding ortho intramolecular Hbond substituents is 1. The Bertz CT molecular complexity index is 1280. The number of hydrogen-bond donors (Lipinski definition) is 1. The number of ether oxygens (including phenoxy) is 2. The Kier molecular flexibility index (Phi) is 7.36. The molecule has 180 valence electrons. The average molecular weight is 480 g/mol. The molecule has 1 N–H and O–H groups in total. The number of rotatable bonds is 7. The largest absolute Gasteiger partial charge is 0.508 e. The first-order valence-electron chi connectivity index (χ1n) is 11.1. The average Bonchev–Trinajstić information content (AvgIpc) is 2.86. The summed E-state index contributed by atoms with van der Waals surface area (Å²) in [6.07, 6.45) is 2.25. The molecule has 4 rings (SSSR count). The van der Waals surface area contributed by atoms with Crippen molar-refractivity contribution in [2.24, 2.45) is 0 Å². The summed E-state index contributed by atoms with van der Waals surface area (Å²) in [4.78, 5) is 12.5. The Morgan fingerprint density at radius 2 is 1.49 bits per heavy atom. The van der Waals surface area contributed by atoms with E-state index < -0.39 is 29.5 Å². The van der Waals surface area contributed by atoms with Crippen LogP contribution in [0, 0.1) is 11.6 Å². The topological polar surface area (TPSA) is 55.8 Å². The van der Waals surface area contributed by atoms with Crippen molar-refractivity contribution in [2.75, 3.05) is 13.2 Å². The van der Waals surface area contributed by atoms with Gasteiger partial charge in [0, 0.05) is 24.2 Å². The molecule has 0 aliphatic heterocycles. The van der Waals surface area contributed by atoms with Crippen LogP contribution in [-0.2, 0) is 9.47 Å². The monoisotopic (exact) mass is 480 g/mol. The lowest BCUT2D eigenvalue weighted by molar-refractivity contribution is 0.0333. The van der Waals surface area contributed by atoms with Crippen LogP contribution in [0.3, 0.4) is 0 Å². The lowest BCUT2D eigenvalue weighted by atomic mass is 9.98. The van der Waals surface area contributed by atoms with Gasteiger partial charge in [0.25, 0.3) is 0 Å². The smallest absolute Gasteiger partial charge is 0.338 e. The predicted octanol–water partition coefficient (Wildman–Crippen LogP) is 6.75. The summed E-state index contributed by atoms with van der Waals surface area (Å²) in [5.41, 5.74) is 1.72. The first-order chi connectivity index (χ1) is 16.9. The van der Waals surface area contributed by atoms with E-state index >= 15 is 0 Å². The quantitative estimate of drug-likeness (QED) is 0.380. The van der Waals surface area contributed by atoms with Crippen LogP contribution in [0.4, 0.5) is 13.2 Å². The summed E-state index contributed by atoms with van der Waals surface area (Å²) in [6, 6.07) is 14.5. The molecule has 1 unspecified atom stereocenters. The number of hydrogen-bond acceptors (Lipinski definition) is 4. The van der Waals surface area contributed by atoms with Crippen molar-refractivity contribution in [1.82, 2.24) is 0 Å². The fourth-order valence-corrected chi connectivity index (χ4v) is 3.74. The van der Waals surface area contributed by atoms with Crippen molar-refractivity contribution < 1.29 is 32.5 Å². The fourth-order valence-electron chi connectivity index (χ4n) is 3.74. The SMILES string of the molecule is CCOCC1=CCC(OC(=O)c2ccc(-c3ccc(-c4ccc(O)cc4)c(F)c3F)cc2)C(F)=C1. The number of halogens is 3. The van der Waals surface area contributed by atoms with Gasteiger partial charge in [-0.3, -0.25) is 0 Å². The van der Waals surface area contributed by atoms with Gasteiger partial charge in [-0.05, 0) is 54.0 Å². The highest BCUT2D eigenvalue weighted by Crippen LogP contribution is 2.32. The molecule has 0 radical (unpaired) electrons. The molecule has 3 aromatic carbocycles. The summed E-state index contributed by atoms with van der Waals surface area (Å²) in [7, 11) is 0. The van der Waals surface area contributed by atoms with Crippen LogP contribution < -0.4 is 0 Å². The molecule has 1 aliphatic carbocycles. The third-order valence-corrected chi connectivity index (χ3v) is 5.64. The summed E-state index contributed by atoms with van der Waals surface area (Å²) in [5, 5.41) is 9.40. The van der Waals surface area contributed by atoms with Crippen LogP contribution in [-0.4, -0.2) is 30.4 Å². The molecule has 0 bridgehead atoms. The maximum absolute atomic E-state index is 14.9. The summed E-state index contributed by atoms with van der Waals surface area (Å²) in [6.45, 7) is 2.65. The molecule has 1 atom stereocenters. The molecular weight excluding hydrogens is 457 g/mol. The number of carbonyl (C=O) groups is 1. The zero-order valence-corrected chi connectivity index (χ0v) is 18.9. The number of aromatic hydroxyl groups is 1. The van der Waals surface area contributed by atoms with Crippen LogP contribution in [0.2, 0.25) is 0 Å². The fraction of sp³-hybridized carbons (Fsp3) is 0.179. The van der Waals surface area contributed by atoms with E-state index in [9.17, 15) is 23.1 Å². The third kappa shape index (κ3) is 5.46. The summed E-state index contributed by atoms with van der Waals surface area (Å²) in [5.74, 6) is -3.31. The van der Waals surface area contributed by atoms with Gasteiger partial charge in [0.15, 0.2) is 17.7 Å². The molecule has 0 fully saturated rings. The maximum Gasteiger partial charge on any atom is 0.338 e. The van der Waals surface area contributed by atoms with E-state index in [1.54, 1.807) is 6.08 Å². The number of phenols is 1. The van der Waals surface area contributed by atoms with Gasteiger partial charge in [0.2, 0.25) is 0 Å². The van der Waals surface area contributed by atoms with Gasteiger partial charge in [0.1, 0.15) is 11.6 Å². The van der Waals surface area contributed by atoms with Crippen LogP contribution in [0.25, 0.3) is 22.3 Å². The Morgan fingerprint density at radius 1 is 0.914 bits per heavy atom. The maximum atomic E-state index is 14.9. The Morgan fingerprint density at radius 3 is 2.03 bits per heavy atom. The molecule has 4 nitrogen and oxygen atoms in total. The van der Waals surface area contributed by atoms with Crippen molar-refractivity contribution in [1.29, 1.82) is 0 Å². The van der Waals surface area contributed by atoms with E-state index in [0.29, 0.717) is 29.9 Å². The van der Waals surface area contributed by atoms with E-state index in [1.165, 1.54) is 66.7 Å². The predicted molar refractivity (Wildman–Crippen MR) is 126 cm³/mol. The Hall–Kier alpha value is -3.84. The van der Waals surface area contributed by atoms with Crippen LogP contribution in [0.15, 0.2) is 84.2 Å². The van der Waals surface area contributed by atoms with Gasteiger partial charge in [0.05, 0.1) is 12.2 Å². The Balaban J connectivity index is 1.47. The van der Waals surface area contributed by atoms with Gasteiger partial charge in [-0.25, -0.2) is 18.0 Å². The minimum Gasteiger partial charge on any atom is -0.508 e. The van der Waals surface area contributed by atoms with Crippen LogP contribution >= 0.6 is 0 Å². The minimum atomic E-state index is -1.03. The lowest BCUT2D eigenvalue weighted by Gasteiger charge is -2.19. The summed E-state index contributed by atoms with van der Waals surface area (Å²) >= 11 is 0. The van der Waals surface area contributed by atoms with E-state index in [2.05, 4.69) is 0 Å². The first kappa shape index (κ1) is 24.3. The molecule has 0 spiro atoms. The molecule has 1 aliphatic rings. The minimum absolute atomic E-state index is 0.0231. The van der Waals surface area contributed by atoms with Gasteiger partial charge in [-0.15, -0.1) is 0 Å². The molecular formula is C28H23F3O4. The van der Waals surface area contributed by atoms with E-state index in [0.717, 1.165) is 0 Å².